The summed E-state index contributed by atoms with van der Waals surface area (Å²) in [5.74, 6) is 1.79. The fraction of sp³-hybridized carbons (Fsp3) is 0.611. The molecule has 0 aromatic heterocycles. The van der Waals surface area contributed by atoms with E-state index in [0.29, 0.717) is 23.7 Å². The Hall–Kier alpha value is -1.40. The summed E-state index contributed by atoms with van der Waals surface area (Å²) in [4.78, 5) is 12.4. The summed E-state index contributed by atoms with van der Waals surface area (Å²) in [5.41, 5.74) is -0.229. The van der Waals surface area contributed by atoms with Crippen molar-refractivity contribution in [2.45, 2.75) is 49.5 Å². The maximum absolute atomic E-state index is 12.7. The van der Waals surface area contributed by atoms with Crippen LogP contribution in [0.1, 0.15) is 49.4 Å². The van der Waals surface area contributed by atoms with Gasteiger partial charge in [0.1, 0.15) is 5.60 Å². The van der Waals surface area contributed by atoms with Gasteiger partial charge in [0.15, 0.2) is 0 Å². The lowest BCUT2D eigenvalue weighted by molar-refractivity contribution is -0.168. The molecule has 0 saturated heterocycles. The van der Waals surface area contributed by atoms with Crippen LogP contribution in [0, 0.1) is 23.7 Å². The molecule has 0 spiro atoms. The van der Waals surface area contributed by atoms with Crippen LogP contribution in [0.4, 0.5) is 0 Å². The molecule has 0 aliphatic heterocycles. The zero-order chi connectivity index (χ0) is 17.1. The van der Waals surface area contributed by atoms with Gasteiger partial charge in [0.05, 0.1) is 10.5 Å². The van der Waals surface area contributed by atoms with Crippen LogP contribution in [0.5, 0.6) is 0 Å². The molecule has 3 unspecified atom stereocenters. The third-order valence-electron chi connectivity index (χ3n) is 6.41. The second kappa shape index (κ2) is 5.30. The average Bonchev–Trinajstić information content (AvgIpc) is 2.51. The van der Waals surface area contributed by atoms with Gasteiger partial charge in [-0.1, -0.05) is 13.0 Å². The number of benzene rings is 1. The van der Waals surface area contributed by atoms with E-state index >= 15 is 0 Å². The molecule has 5 nitrogen and oxygen atoms in total. The molecule has 5 rings (SSSR count). The Balaban J connectivity index is 1.60. The first-order chi connectivity index (χ1) is 11.3. The average molecular weight is 350 g/mol. The lowest BCUT2D eigenvalue weighted by atomic mass is 9.50. The second-order valence-electron chi connectivity index (χ2n) is 7.85. The van der Waals surface area contributed by atoms with Gasteiger partial charge in [-0.25, -0.2) is 4.79 Å². The summed E-state index contributed by atoms with van der Waals surface area (Å²) in [6, 6.07) is 5.42. The van der Waals surface area contributed by atoms with Crippen LogP contribution in [0.25, 0.3) is 0 Å². The fourth-order valence-corrected chi connectivity index (χ4v) is 5.95. The quantitative estimate of drug-likeness (QED) is 0.668. The number of hydrogen-bond donors (Lipinski definition) is 1. The van der Waals surface area contributed by atoms with Crippen molar-refractivity contribution in [3.05, 3.63) is 29.8 Å². The summed E-state index contributed by atoms with van der Waals surface area (Å²) in [7, 11) is -4.33. The summed E-state index contributed by atoms with van der Waals surface area (Å²) >= 11 is 0. The molecule has 4 fully saturated rings. The van der Waals surface area contributed by atoms with E-state index in [1.165, 1.54) is 43.5 Å². The van der Waals surface area contributed by atoms with Gasteiger partial charge < -0.3 is 4.74 Å². The first-order valence-electron chi connectivity index (χ1n) is 8.58. The van der Waals surface area contributed by atoms with Crippen molar-refractivity contribution in [1.82, 2.24) is 0 Å². The molecular weight excluding hydrogens is 328 g/mol. The van der Waals surface area contributed by atoms with Crippen molar-refractivity contribution in [3.8, 4) is 0 Å². The van der Waals surface area contributed by atoms with Gasteiger partial charge in [0, 0.05) is 0 Å². The highest BCUT2D eigenvalue weighted by molar-refractivity contribution is 7.85. The third kappa shape index (κ3) is 2.56. The smallest absolute Gasteiger partial charge is 0.338 e. The lowest BCUT2D eigenvalue weighted by Crippen LogP contribution is -2.58. The van der Waals surface area contributed by atoms with Gasteiger partial charge in [0.2, 0.25) is 0 Å². The van der Waals surface area contributed by atoms with Crippen LogP contribution in [-0.4, -0.2) is 24.5 Å². The van der Waals surface area contributed by atoms with E-state index in [2.05, 4.69) is 6.92 Å². The maximum Gasteiger partial charge on any atom is 0.338 e. The normalized spacial score (nSPS) is 37.4. The zero-order valence-corrected chi connectivity index (χ0v) is 14.5. The highest BCUT2D eigenvalue weighted by Gasteiger charge is 2.57. The van der Waals surface area contributed by atoms with Gasteiger partial charge in [-0.2, -0.15) is 8.42 Å². The standard InChI is InChI=1S/C18H22O5S/c1-11-15-6-12-5-13(7-15)10-18(11,9-12)23-17(19)14-3-2-4-16(8-14)24(20,21)22/h2-4,8,11-13,15H,5-7,9-10H2,1H3,(H,20,21,22). The summed E-state index contributed by atoms with van der Waals surface area (Å²) in [6.45, 7) is 2.18. The fourth-order valence-electron chi connectivity index (χ4n) is 5.42. The van der Waals surface area contributed by atoms with E-state index in [1.54, 1.807) is 0 Å². The maximum atomic E-state index is 12.7. The molecule has 0 heterocycles. The number of ether oxygens (including phenoxy) is 1. The Morgan fingerprint density at radius 2 is 1.88 bits per heavy atom. The van der Waals surface area contributed by atoms with Gasteiger partial charge in [0.25, 0.3) is 10.1 Å². The van der Waals surface area contributed by atoms with E-state index in [1.807, 2.05) is 0 Å². The Morgan fingerprint density at radius 1 is 1.21 bits per heavy atom. The minimum atomic E-state index is -4.33. The predicted molar refractivity (Wildman–Crippen MR) is 87.1 cm³/mol. The third-order valence-corrected chi connectivity index (χ3v) is 7.26. The minimum absolute atomic E-state index is 0.174. The lowest BCUT2D eigenvalue weighted by Gasteiger charge is -2.59. The van der Waals surface area contributed by atoms with Crippen LogP contribution in [0.2, 0.25) is 0 Å². The van der Waals surface area contributed by atoms with E-state index < -0.39 is 21.7 Å². The Kier molecular flexibility index (Phi) is 3.55. The number of carbonyl (C=O) groups excluding carboxylic acids is 1. The molecule has 4 bridgehead atoms. The topological polar surface area (TPSA) is 80.7 Å². The van der Waals surface area contributed by atoms with E-state index in [4.69, 9.17) is 9.29 Å². The summed E-state index contributed by atoms with van der Waals surface area (Å²) in [5, 5.41) is 0. The van der Waals surface area contributed by atoms with Crippen LogP contribution in [0.15, 0.2) is 29.2 Å². The minimum Gasteiger partial charge on any atom is -0.455 e. The van der Waals surface area contributed by atoms with Gasteiger partial charge >= 0.3 is 5.97 Å². The van der Waals surface area contributed by atoms with E-state index in [9.17, 15) is 13.2 Å². The largest absolute Gasteiger partial charge is 0.455 e. The van der Waals surface area contributed by atoms with Crippen molar-refractivity contribution in [3.63, 3.8) is 0 Å². The van der Waals surface area contributed by atoms with Crippen molar-refractivity contribution in [2.75, 3.05) is 0 Å². The zero-order valence-electron chi connectivity index (χ0n) is 13.6. The molecule has 1 N–H and O–H groups in total. The first kappa shape index (κ1) is 16.1. The molecule has 4 aliphatic rings. The molecule has 4 aliphatic carbocycles. The van der Waals surface area contributed by atoms with Gasteiger partial charge in [-0.3, -0.25) is 4.55 Å². The molecule has 130 valence electrons. The van der Waals surface area contributed by atoms with Crippen LogP contribution < -0.4 is 0 Å². The molecule has 6 heteroatoms. The number of esters is 1. The first-order valence-corrected chi connectivity index (χ1v) is 10.0. The Morgan fingerprint density at radius 3 is 2.50 bits per heavy atom. The molecule has 24 heavy (non-hydrogen) atoms. The summed E-state index contributed by atoms with van der Waals surface area (Å²) in [6.07, 6.45) is 5.58. The van der Waals surface area contributed by atoms with Crippen molar-refractivity contribution < 1.29 is 22.5 Å². The molecule has 1 aromatic rings. The number of carbonyl (C=O) groups is 1. The molecule has 1 aromatic carbocycles. The monoisotopic (exact) mass is 350 g/mol. The molecule has 0 amide bonds. The van der Waals surface area contributed by atoms with Crippen LogP contribution in [0.3, 0.4) is 0 Å². The van der Waals surface area contributed by atoms with Crippen molar-refractivity contribution in [1.29, 1.82) is 0 Å². The molecule has 0 radical (unpaired) electrons. The SMILES string of the molecule is CC1C2CC3CC(C2)CC1(OC(=O)c1cccc(S(=O)(=O)O)c1)C3. The number of rotatable bonds is 3. The van der Waals surface area contributed by atoms with Crippen molar-refractivity contribution >= 4 is 16.1 Å². The number of hydrogen-bond acceptors (Lipinski definition) is 4. The van der Waals surface area contributed by atoms with Crippen molar-refractivity contribution in [2.24, 2.45) is 23.7 Å². The second-order valence-corrected chi connectivity index (χ2v) is 9.27. The predicted octanol–water partition coefficient (Wildman–Crippen LogP) is 3.30. The van der Waals surface area contributed by atoms with Gasteiger partial charge in [-0.05, 0) is 74.0 Å². The van der Waals surface area contributed by atoms with E-state index in [-0.39, 0.29) is 10.5 Å². The van der Waals surface area contributed by atoms with Crippen LogP contribution in [-0.2, 0) is 14.9 Å². The van der Waals surface area contributed by atoms with Gasteiger partial charge in [-0.15, -0.1) is 0 Å². The Bertz CT molecular complexity index is 770. The molecule has 4 saturated carbocycles. The van der Waals surface area contributed by atoms with E-state index in [0.717, 1.165) is 12.8 Å². The highest BCUT2D eigenvalue weighted by Crippen LogP contribution is 2.59. The Labute approximate surface area is 142 Å². The summed E-state index contributed by atoms with van der Waals surface area (Å²) < 4.78 is 37.7. The highest BCUT2D eigenvalue weighted by atomic mass is 32.2. The van der Waals surface area contributed by atoms with Crippen LogP contribution >= 0.6 is 0 Å². The molecular formula is C18H22O5S. The molecule has 3 atom stereocenters.